The number of hydrogen-bond acceptors (Lipinski definition) is 2. The molecule has 1 N–H and O–H groups in total. The van der Waals surface area contributed by atoms with E-state index in [1.165, 1.54) is 12.0 Å². The first-order valence-electron chi connectivity index (χ1n) is 10.4. The second-order valence-electron chi connectivity index (χ2n) is 8.63. The number of aliphatic hydroxyl groups excluding tert-OH is 1. The van der Waals surface area contributed by atoms with Crippen LogP contribution in [0.1, 0.15) is 74.1 Å². The molecule has 0 aliphatic rings. The summed E-state index contributed by atoms with van der Waals surface area (Å²) < 4.78 is 5.73. The summed E-state index contributed by atoms with van der Waals surface area (Å²) in [7, 11) is 1.80. The number of allylic oxidation sites excluding steroid dienone is 5. The van der Waals surface area contributed by atoms with Crippen molar-refractivity contribution >= 4 is 0 Å². The van der Waals surface area contributed by atoms with E-state index < -0.39 is 0 Å². The molecule has 0 amide bonds. The Morgan fingerprint density at radius 2 is 1.54 bits per heavy atom. The van der Waals surface area contributed by atoms with Crippen molar-refractivity contribution in [1.29, 1.82) is 0 Å². The standard InChI is InChI=1S/C24H44O2/c1-18(2)16-19(3)12-10-9-11-13-21(5)24(26-8)17-22(6)20(4)14-15-23(7)25/h9-13,18-20,22-25H,14-17H2,1-8H3/b11-9+,12-10+,21-13+/t19-,20-,22?,23+,24?/m1/s1. The van der Waals surface area contributed by atoms with Gasteiger partial charge in [-0.1, -0.05) is 65.0 Å². The summed E-state index contributed by atoms with van der Waals surface area (Å²) >= 11 is 0. The van der Waals surface area contributed by atoms with Crippen LogP contribution in [-0.4, -0.2) is 24.4 Å². The van der Waals surface area contributed by atoms with Gasteiger partial charge < -0.3 is 9.84 Å². The van der Waals surface area contributed by atoms with Gasteiger partial charge in [-0.25, -0.2) is 0 Å². The molecular formula is C24H44O2. The molecule has 0 aliphatic heterocycles. The minimum atomic E-state index is -0.203. The van der Waals surface area contributed by atoms with E-state index in [9.17, 15) is 5.11 Å². The Morgan fingerprint density at radius 3 is 2.08 bits per heavy atom. The molecule has 0 heterocycles. The van der Waals surface area contributed by atoms with E-state index in [1.54, 1.807) is 7.11 Å². The van der Waals surface area contributed by atoms with Gasteiger partial charge in [-0.2, -0.15) is 0 Å². The Kier molecular flexibility index (Phi) is 13.8. The lowest BCUT2D eigenvalue weighted by atomic mass is 9.85. The van der Waals surface area contributed by atoms with Gasteiger partial charge in [0.2, 0.25) is 0 Å². The summed E-state index contributed by atoms with van der Waals surface area (Å²) in [6.45, 7) is 15.4. The van der Waals surface area contributed by atoms with E-state index in [1.807, 2.05) is 6.92 Å². The monoisotopic (exact) mass is 364 g/mol. The molecule has 2 nitrogen and oxygen atoms in total. The molecule has 0 spiro atoms. The highest BCUT2D eigenvalue weighted by Gasteiger charge is 2.19. The number of ether oxygens (including phenoxy) is 1. The van der Waals surface area contributed by atoms with Crippen LogP contribution in [0.25, 0.3) is 0 Å². The van der Waals surface area contributed by atoms with E-state index in [0.29, 0.717) is 17.8 Å². The molecule has 0 aromatic rings. The topological polar surface area (TPSA) is 29.5 Å². The van der Waals surface area contributed by atoms with Crippen LogP contribution >= 0.6 is 0 Å². The predicted octanol–water partition coefficient (Wildman–Crippen LogP) is 6.57. The summed E-state index contributed by atoms with van der Waals surface area (Å²) in [5.74, 6) is 2.53. The molecule has 2 unspecified atom stereocenters. The number of hydrogen-bond donors (Lipinski definition) is 1. The Balaban J connectivity index is 4.53. The normalized spacial score (nSPS) is 19.2. The first-order chi connectivity index (χ1) is 12.2. The third kappa shape index (κ3) is 12.5. The van der Waals surface area contributed by atoms with Gasteiger partial charge in [0.05, 0.1) is 12.2 Å². The highest BCUT2D eigenvalue weighted by atomic mass is 16.5. The fourth-order valence-corrected chi connectivity index (χ4v) is 3.28. The maximum absolute atomic E-state index is 9.47. The minimum absolute atomic E-state index is 0.160. The van der Waals surface area contributed by atoms with Crippen molar-refractivity contribution in [3.8, 4) is 0 Å². The molecule has 0 aromatic carbocycles. The van der Waals surface area contributed by atoms with Crippen molar-refractivity contribution in [2.45, 2.75) is 86.4 Å². The van der Waals surface area contributed by atoms with Gasteiger partial charge in [-0.05, 0) is 68.8 Å². The summed E-state index contributed by atoms with van der Waals surface area (Å²) in [6.07, 6.45) is 15.0. The second-order valence-corrected chi connectivity index (χ2v) is 8.63. The zero-order valence-corrected chi connectivity index (χ0v) is 18.5. The fraction of sp³-hybridized carbons (Fsp3) is 0.750. The van der Waals surface area contributed by atoms with Gasteiger partial charge in [0.25, 0.3) is 0 Å². The highest BCUT2D eigenvalue weighted by molar-refractivity contribution is 5.18. The largest absolute Gasteiger partial charge is 0.393 e. The molecule has 152 valence electrons. The number of aliphatic hydroxyl groups is 1. The van der Waals surface area contributed by atoms with E-state index in [0.717, 1.165) is 25.2 Å². The lowest BCUT2D eigenvalue weighted by Crippen LogP contribution is -2.20. The van der Waals surface area contributed by atoms with Crippen LogP contribution in [0.3, 0.4) is 0 Å². The summed E-state index contributed by atoms with van der Waals surface area (Å²) in [4.78, 5) is 0. The molecule has 5 atom stereocenters. The van der Waals surface area contributed by atoms with Crippen molar-refractivity contribution in [3.05, 3.63) is 36.0 Å². The van der Waals surface area contributed by atoms with Crippen LogP contribution in [0.2, 0.25) is 0 Å². The van der Waals surface area contributed by atoms with Crippen molar-refractivity contribution in [3.63, 3.8) is 0 Å². The Morgan fingerprint density at radius 1 is 0.885 bits per heavy atom. The molecule has 0 rings (SSSR count). The van der Waals surface area contributed by atoms with Crippen molar-refractivity contribution < 1.29 is 9.84 Å². The van der Waals surface area contributed by atoms with E-state index in [-0.39, 0.29) is 12.2 Å². The average molecular weight is 365 g/mol. The zero-order valence-electron chi connectivity index (χ0n) is 18.5. The average Bonchev–Trinajstić information content (AvgIpc) is 2.55. The van der Waals surface area contributed by atoms with Gasteiger partial charge in [0.1, 0.15) is 0 Å². The van der Waals surface area contributed by atoms with Crippen LogP contribution in [0.4, 0.5) is 0 Å². The van der Waals surface area contributed by atoms with Crippen LogP contribution in [0.15, 0.2) is 36.0 Å². The SMILES string of the molecule is COC(CC(C)[C@H](C)CC[C@H](C)O)/C(C)=C/C=C/C=C/[C@@H](C)CC(C)C. The first-order valence-corrected chi connectivity index (χ1v) is 10.4. The zero-order chi connectivity index (χ0) is 20.1. The van der Waals surface area contributed by atoms with Gasteiger partial charge in [0, 0.05) is 7.11 Å². The Hall–Kier alpha value is -0.860. The minimum Gasteiger partial charge on any atom is -0.393 e. The number of rotatable bonds is 13. The van der Waals surface area contributed by atoms with Gasteiger partial charge in [0.15, 0.2) is 0 Å². The quantitative estimate of drug-likeness (QED) is 0.375. The van der Waals surface area contributed by atoms with E-state index in [4.69, 9.17) is 4.74 Å². The van der Waals surface area contributed by atoms with E-state index >= 15 is 0 Å². The molecule has 0 bridgehead atoms. The maximum atomic E-state index is 9.47. The maximum Gasteiger partial charge on any atom is 0.0784 e. The molecule has 0 saturated carbocycles. The summed E-state index contributed by atoms with van der Waals surface area (Å²) in [5.41, 5.74) is 1.27. The van der Waals surface area contributed by atoms with Gasteiger partial charge in [-0.15, -0.1) is 0 Å². The van der Waals surface area contributed by atoms with Crippen LogP contribution in [0, 0.1) is 23.7 Å². The van der Waals surface area contributed by atoms with Crippen molar-refractivity contribution in [1.82, 2.24) is 0 Å². The lowest BCUT2D eigenvalue weighted by Gasteiger charge is -2.25. The first kappa shape index (κ1) is 25.1. The summed E-state index contributed by atoms with van der Waals surface area (Å²) in [5, 5.41) is 9.47. The highest BCUT2D eigenvalue weighted by Crippen LogP contribution is 2.25. The van der Waals surface area contributed by atoms with Crippen LogP contribution in [0.5, 0.6) is 0 Å². The Bertz CT molecular complexity index is 431. The Labute approximate surface area is 163 Å². The molecule has 26 heavy (non-hydrogen) atoms. The molecular weight excluding hydrogens is 320 g/mol. The smallest absolute Gasteiger partial charge is 0.0784 e. The summed E-state index contributed by atoms with van der Waals surface area (Å²) in [6, 6.07) is 0. The van der Waals surface area contributed by atoms with Crippen LogP contribution in [-0.2, 0) is 4.74 Å². The third-order valence-electron chi connectivity index (χ3n) is 5.25. The van der Waals surface area contributed by atoms with Gasteiger partial charge in [-0.3, -0.25) is 0 Å². The van der Waals surface area contributed by atoms with Crippen LogP contribution < -0.4 is 0 Å². The molecule has 0 aromatic heterocycles. The van der Waals surface area contributed by atoms with E-state index in [2.05, 4.69) is 71.9 Å². The molecule has 0 radical (unpaired) electrons. The molecule has 0 aliphatic carbocycles. The predicted molar refractivity (Wildman–Crippen MR) is 115 cm³/mol. The second kappa shape index (κ2) is 14.2. The molecule has 2 heteroatoms. The lowest BCUT2D eigenvalue weighted by molar-refractivity contribution is 0.0968. The number of methoxy groups -OCH3 is 1. The molecule has 0 saturated heterocycles. The fourth-order valence-electron chi connectivity index (χ4n) is 3.28. The van der Waals surface area contributed by atoms with Crippen molar-refractivity contribution in [2.24, 2.45) is 23.7 Å². The third-order valence-corrected chi connectivity index (χ3v) is 5.25. The van der Waals surface area contributed by atoms with Crippen molar-refractivity contribution in [2.75, 3.05) is 7.11 Å². The van der Waals surface area contributed by atoms with Gasteiger partial charge >= 0.3 is 0 Å². The molecule has 0 fully saturated rings.